The van der Waals surface area contributed by atoms with E-state index in [-0.39, 0.29) is 0 Å². The van der Waals surface area contributed by atoms with Crippen LogP contribution < -0.4 is 5.73 Å². The van der Waals surface area contributed by atoms with E-state index in [1.807, 2.05) is 12.1 Å². The molecular weight excluding hydrogens is 210 g/mol. The summed E-state index contributed by atoms with van der Waals surface area (Å²) in [6.45, 7) is 2.82. The van der Waals surface area contributed by atoms with Crippen LogP contribution in [0.3, 0.4) is 0 Å². The minimum absolute atomic E-state index is 0.349. The van der Waals surface area contributed by atoms with Crippen molar-refractivity contribution in [2.45, 2.75) is 45.4 Å². The van der Waals surface area contributed by atoms with Gasteiger partial charge in [0.05, 0.1) is 0 Å². The number of nitrogens with two attached hydrogens (primary N) is 1. The first kappa shape index (κ1) is 13.9. The molecule has 1 aromatic carbocycles. The third-order valence-corrected chi connectivity index (χ3v) is 2.93. The van der Waals surface area contributed by atoms with Crippen molar-refractivity contribution in [3.63, 3.8) is 0 Å². The molecule has 0 bridgehead atoms. The van der Waals surface area contributed by atoms with Gasteiger partial charge < -0.3 is 5.73 Å². The average molecular weight is 233 g/mol. The van der Waals surface area contributed by atoms with Crippen molar-refractivity contribution in [3.8, 4) is 0 Å². The number of hydrogen-bond donors (Lipinski definition) is 1. The largest absolute Gasteiger partial charge is 0.330 e. The Balaban J connectivity index is 2.18. The van der Waals surface area contributed by atoms with Crippen molar-refractivity contribution in [2.75, 3.05) is 6.54 Å². The maximum absolute atomic E-state index is 11.7. The number of rotatable bonds is 8. The van der Waals surface area contributed by atoms with Crippen LogP contribution in [0.15, 0.2) is 24.3 Å². The first-order valence-corrected chi connectivity index (χ1v) is 6.49. The Morgan fingerprint density at radius 2 is 1.71 bits per heavy atom. The summed E-state index contributed by atoms with van der Waals surface area (Å²) in [6, 6.07) is 8.21. The van der Waals surface area contributed by atoms with Gasteiger partial charge in [-0.15, -0.1) is 0 Å². The summed E-state index contributed by atoms with van der Waals surface area (Å²) in [5.41, 5.74) is 7.78. The van der Waals surface area contributed by atoms with Crippen molar-refractivity contribution in [3.05, 3.63) is 35.4 Å². The van der Waals surface area contributed by atoms with Crippen LogP contribution >= 0.6 is 0 Å². The Hall–Kier alpha value is -1.15. The minimum atomic E-state index is 0.349. The Bertz CT molecular complexity index is 329. The van der Waals surface area contributed by atoms with Gasteiger partial charge >= 0.3 is 0 Å². The van der Waals surface area contributed by atoms with Gasteiger partial charge in [0, 0.05) is 12.8 Å². The standard InChI is InChI=1S/C15H23NO/c1-13-7-9-14(10-8-13)12-15(17)6-4-2-3-5-11-16/h7-10H,2-6,11-12,16H2,1H3. The zero-order valence-corrected chi connectivity index (χ0v) is 10.7. The van der Waals surface area contributed by atoms with Crippen molar-refractivity contribution in [1.82, 2.24) is 0 Å². The molecule has 0 radical (unpaired) electrons. The molecule has 0 amide bonds. The molecule has 0 spiro atoms. The SMILES string of the molecule is Cc1ccc(CC(=O)CCCCCCN)cc1. The highest BCUT2D eigenvalue weighted by atomic mass is 16.1. The maximum Gasteiger partial charge on any atom is 0.137 e. The first-order valence-electron chi connectivity index (χ1n) is 6.49. The molecule has 0 aliphatic rings. The molecule has 0 unspecified atom stereocenters. The van der Waals surface area contributed by atoms with E-state index >= 15 is 0 Å². The molecular formula is C15H23NO. The van der Waals surface area contributed by atoms with Gasteiger partial charge in [0.1, 0.15) is 5.78 Å². The first-order chi connectivity index (χ1) is 8.22. The summed E-state index contributed by atoms with van der Waals surface area (Å²) in [7, 11) is 0. The van der Waals surface area contributed by atoms with Gasteiger partial charge in [-0.05, 0) is 31.9 Å². The van der Waals surface area contributed by atoms with E-state index in [9.17, 15) is 4.79 Å². The second-order valence-corrected chi connectivity index (χ2v) is 4.65. The molecule has 0 saturated heterocycles. The number of ketones is 1. The number of aryl methyl sites for hydroxylation is 1. The summed E-state index contributed by atoms with van der Waals surface area (Å²) in [5.74, 6) is 0.349. The summed E-state index contributed by atoms with van der Waals surface area (Å²) in [4.78, 5) is 11.7. The summed E-state index contributed by atoms with van der Waals surface area (Å²) in [5, 5.41) is 0. The lowest BCUT2D eigenvalue weighted by Crippen LogP contribution is -2.03. The lowest BCUT2D eigenvalue weighted by Gasteiger charge is -2.02. The van der Waals surface area contributed by atoms with Gasteiger partial charge in [0.15, 0.2) is 0 Å². The monoisotopic (exact) mass is 233 g/mol. The Morgan fingerprint density at radius 1 is 1.06 bits per heavy atom. The van der Waals surface area contributed by atoms with Crippen LogP contribution in [0, 0.1) is 6.92 Å². The summed E-state index contributed by atoms with van der Waals surface area (Å²) in [6.07, 6.45) is 5.64. The highest BCUT2D eigenvalue weighted by molar-refractivity contribution is 5.80. The predicted octanol–water partition coefficient (Wildman–Crippen LogP) is 3.02. The fourth-order valence-corrected chi connectivity index (χ4v) is 1.84. The van der Waals surface area contributed by atoms with Gasteiger partial charge in [-0.1, -0.05) is 42.7 Å². The quantitative estimate of drug-likeness (QED) is 0.701. The smallest absolute Gasteiger partial charge is 0.137 e. The Morgan fingerprint density at radius 3 is 2.35 bits per heavy atom. The normalized spacial score (nSPS) is 10.5. The molecule has 2 N–H and O–H groups in total. The van der Waals surface area contributed by atoms with Gasteiger partial charge in [0.2, 0.25) is 0 Å². The van der Waals surface area contributed by atoms with E-state index in [4.69, 9.17) is 5.73 Å². The predicted molar refractivity (Wildman–Crippen MR) is 72.0 cm³/mol. The Kier molecular flexibility index (Phi) is 6.56. The van der Waals surface area contributed by atoms with Crippen LogP contribution in [0.1, 0.15) is 43.2 Å². The van der Waals surface area contributed by atoms with Crippen molar-refractivity contribution >= 4 is 5.78 Å². The van der Waals surface area contributed by atoms with Gasteiger partial charge in [-0.25, -0.2) is 0 Å². The second-order valence-electron chi connectivity index (χ2n) is 4.65. The van der Waals surface area contributed by atoms with E-state index in [0.717, 1.165) is 37.8 Å². The molecule has 0 aromatic heterocycles. The lowest BCUT2D eigenvalue weighted by atomic mass is 10.0. The number of unbranched alkanes of at least 4 members (excludes halogenated alkanes) is 3. The van der Waals surface area contributed by atoms with E-state index in [2.05, 4.69) is 19.1 Å². The lowest BCUT2D eigenvalue weighted by molar-refractivity contribution is -0.118. The van der Waals surface area contributed by atoms with Crippen molar-refractivity contribution < 1.29 is 4.79 Å². The van der Waals surface area contributed by atoms with Crippen LogP contribution in [-0.4, -0.2) is 12.3 Å². The third-order valence-electron chi connectivity index (χ3n) is 2.93. The molecule has 1 rings (SSSR count). The molecule has 1 aromatic rings. The molecule has 17 heavy (non-hydrogen) atoms. The van der Waals surface area contributed by atoms with Gasteiger partial charge in [0.25, 0.3) is 0 Å². The van der Waals surface area contributed by atoms with Crippen LogP contribution in [0.4, 0.5) is 0 Å². The number of carbonyl (C=O) groups is 1. The average Bonchev–Trinajstić information content (AvgIpc) is 2.32. The van der Waals surface area contributed by atoms with Crippen LogP contribution in [0.25, 0.3) is 0 Å². The molecule has 0 saturated carbocycles. The molecule has 0 fully saturated rings. The second kappa shape index (κ2) is 8.02. The van der Waals surface area contributed by atoms with Crippen LogP contribution in [0.2, 0.25) is 0 Å². The molecule has 94 valence electrons. The molecule has 0 aliphatic carbocycles. The van der Waals surface area contributed by atoms with Crippen molar-refractivity contribution in [2.24, 2.45) is 5.73 Å². The van der Waals surface area contributed by atoms with Crippen LogP contribution in [0.5, 0.6) is 0 Å². The zero-order chi connectivity index (χ0) is 12.5. The summed E-state index contributed by atoms with van der Waals surface area (Å²) < 4.78 is 0. The van der Waals surface area contributed by atoms with Crippen LogP contribution in [-0.2, 0) is 11.2 Å². The van der Waals surface area contributed by atoms with E-state index in [1.165, 1.54) is 5.56 Å². The van der Waals surface area contributed by atoms with Gasteiger partial charge in [-0.3, -0.25) is 4.79 Å². The zero-order valence-electron chi connectivity index (χ0n) is 10.7. The molecule has 0 heterocycles. The molecule has 2 heteroatoms. The molecule has 0 aliphatic heterocycles. The van der Waals surface area contributed by atoms with E-state index < -0.39 is 0 Å². The Labute approximate surface area is 104 Å². The van der Waals surface area contributed by atoms with E-state index in [0.29, 0.717) is 18.6 Å². The fraction of sp³-hybridized carbons (Fsp3) is 0.533. The number of Topliss-reactive ketones (excluding diaryl/α,β-unsaturated/α-hetero) is 1. The number of hydrogen-bond acceptors (Lipinski definition) is 2. The topological polar surface area (TPSA) is 43.1 Å². The van der Waals surface area contributed by atoms with Crippen molar-refractivity contribution in [1.29, 1.82) is 0 Å². The molecule has 0 atom stereocenters. The fourth-order valence-electron chi connectivity index (χ4n) is 1.84. The molecule has 2 nitrogen and oxygen atoms in total. The van der Waals surface area contributed by atoms with E-state index in [1.54, 1.807) is 0 Å². The summed E-state index contributed by atoms with van der Waals surface area (Å²) >= 11 is 0. The highest BCUT2D eigenvalue weighted by Crippen LogP contribution is 2.08. The highest BCUT2D eigenvalue weighted by Gasteiger charge is 2.03. The number of benzene rings is 1. The maximum atomic E-state index is 11.7. The number of carbonyl (C=O) groups excluding carboxylic acids is 1. The minimum Gasteiger partial charge on any atom is -0.330 e. The third kappa shape index (κ3) is 6.22. The van der Waals surface area contributed by atoms with Gasteiger partial charge in [-0.2, -0.15) is 0 Å².